The van der Waals surface area contributed by atoms with Gasteiger partial charge in [-0.1, -0.05) is 17.7 Å². The number of hydrogen-bond donors (Lipinski definition) is 2. The molecule has 3 nitrogen and oxygen atoms in total. The van der Waals surface area contributed by atoms with Gasteiger partial charge in [0, 0.05) is 25.3 Å². The first-order valence-electron chi connectivity index (χ1n) is 5.37. The lowest BCUT2D eigenvalue weighted by atomic mass is 10.2. The summed E-state index contributed by atoms with van der Waals surface area (Å²) in [7, 11) is 0. The molecular formula is C12H20N2O. The topological polar surface area (TPSA) is 49.5 Å². The Labute approximate surface area is 91.5 Å². The summed E-state index contributed by atoms with van der Waals surface area (Å²) in [5, 5.41) is 9.51. The molecule has 0 amide bonds. The number of nitrogens with zero attached hydrogens (tertiary/aromatic N) is 1. The van der Waals surface area contributed by atoms with Crippen LogP contribution < -0.4 is 10.6 Å². The van der Waals surface area contributed by atoms with Crippen molar-refractivity contribution in [3.63, 3.8) is 0 Å². The highest BCUT2D eigenvalue weighted by atomic mass is 16.3. The predicted molar refractivity (Wildman–Crippen MR) is 64.1 cm³/mol. The van der Waals surface area contributed by atoms with Gasteiger partial charge in [-0.3, -0.25) is 0 Å². The molecular weight excluding hydrogens is 188 g/mol. The molecule has 0 fully saturated rings. The van der Waals surface area contributed by atoms with Gasteiger partial charge >= 0.3 is 0 Å². The van der Waals surface area contributed by atoms with E-state index in [-0.39, 0.29) is 0 Å². The molecule has 3 heteroatoms. The molecule has 0 aliphatic heterocycles. The molecule has 1 rings (SSSR count). The van der Waals surface area contributed by atoms with Crippen LogP contribution in [0.1, 0.15) is 12.5 Å². The van der Waals surface area contributed by atoms with Crippen LogP contribution in [0.2, 0.25) is 0 Å². The fourth-order valence-corrected chi connectivity index (χ4v) is 1.50. The second-order valence-corrected chi connectivity index (χ2v) is 3.76. The van der Waals surface area contributed by atoms with Crippen LogP contribution >= 0.6 is 0 Å². The van der Waals surface area contributed by atoms with E-state index < -0.39 is 6.10 Å². The lowest BCUT2D eigenvalue weighted by molar-refractivity contribution is 0.188. The van der Waals surface area contributed by atoms with Gasteiger partial charge in [0.15, 0.2) is 0 Å². The summed E-state index contributed by atoms with van der Waals surface area (Å²) in [5.41, 5.74) is 7.78. The minimum Gasteiger partial charge on any atom is -0.390 e. The van der Waals surface area contributed by atoms with Crippen LogP contribution in [0.4, 0.5) is 5.69 Å². The minimum absolute atomic E-state index is 0.308. The molecule has 1 aromatic rings. The van der Waals surface area contributed by atoms with Gasteiger partial charge in [0.05, 0.1) is 6.10 Å². The Morgan fingerprint density at radius 3 is 2.40 bits per heavy atom. The molecule has 15 heavy (non-hydrogen) atoms. The summed E-state index contributed by atoms with van der Waals surface area (Å²) in [6.07, 6.45) is -0.453. The van der Waals surface area contributed by atoms with Crippen LogP contribution in [0.15, 0.2) is 24.3 Å². The van der Waals surface area contributed by atoms with E-state index in [0.29, 0.717) is 13.1 Å². The summed E-state index contributed by atoms with van der Waals surface area (Å²) in [4.78, 5) is 2.12. The van der Waals surface area contributed by atoms with Crippen LogP contribution in [0.25, 0.3) is 0 Å². The highest BCUT2D eigenvalue weighted by Crippen LogP contribution is 2.14. The van der Waals surface area contributed by atoms with Gasteiger partial charge in [-0.2, -0.15) is 0 Å². The van der Waals surface area contributed by atoms with Crippen molar-refractivity contribution in [1.29, 1.82) is 0 Å². The van der Waals surface area contributed by atoms with E-state index in [1.807, 2.05) is 0 Å². The molecule has 0 heterocycles. The molecule has 0 spiro atoms. The normalized spacial score (nSPS) is 12.5. The molecule has 3 N–H and O–H groups in total. The molecule has 1 atom stereocenters. The third-order valence-corrected chi connectivity index (χ3v) is 2.48. The Hall–Kier alpha value is -1.06. The first-order chi connectivity index (χ1) is 7.17. The number of nitrogens with two attached hydrogens (primary N) is 1. The zero-order chi connectivity index (χ0) is 11.3. The molecule has 1 aromatic carbocycles. The van der Waals surface area contributed by atoms with Gasteiger partial charge in [-0.15, -0.1) is 0 Å². The second kappa shape index (κ2) is 5.73. The molecule has 0 aliphatic rings. The van der Waals surface area contributed by atoms with Crippen LogP contribution in [0.3, 0.4) is 0 Å². The summed E-state index contributed by atoms with van der Waals surface area (Å²) < 4.78 is 0. The summed E-state index contributed by atoms with van der Waals surface area (Å²) in [5.74, 6) is 0. The number of rotatable bonds is 5. The van der Waals surface area contributed by atoms with Gasteiger partial charge < -0.3 is 15.7 Å². The van der Waals surface area contributed by atoms with Crippen molar-refractivity contribution in [3.05, 3.63) is 29.8 Å². The second-order valence-electron chi connectivity index (χ2n) is 3.76. The van der Waals surface area contributed by atoms with E-state index in [0.717, 1.165) is 12.2 Å². The van der Waals surface area contributed by atoms with Crippen molar-refractivity contribution >= 4 is 5.69 Å². The molecule has 0 saturated carbocycles. The van der Waals surface area contributed by atoms with E-state index in [9.17, 15) is 5.11 Å². The van der Waals surface area contributed by atoms with Crippen molar-refractivity contribution in [3.8, 4) is 0 Å². The SMILES string of the molecule is CCN(CC(O)CN)c1ccc(C)cc1. The lowest BCUT2D eigenvalue weighted by Crippen LogP contribution is -2.36. The number of aliphatic hydroxyl groups is 1. The maximum atomic E-state index is 9.51. The number of hydrogen-bond acceptors (Lipinski definition) is 3. The minimum atomic E-state index is -0.453. The van der Waals surface area contributed by atoms with Crippen LogP contribution in [-0.2, 0) is 0 Å². The molecule has 1 unspecified atom stereocenters. The molecule has 0 saturated heterocycles. The van der Waals surface area contributed by atoms with Crippen molar-refractivity contribution in [1.82, 2.24) is 0 Å². The highest BCUT2D eigenvalue weighted by Gasteiger charge is 2.08. The van der Waals surface area contributed by atoms with Crippen LogP contribution in [-0.4, -0.2) is 30.8 Å². The monoisotopic (exact) mass is 208 g/mol. The summed E-state index contributed by atoms with van der Waals surface area (Å²) in [6, 6.07) is 8.30. The average Bonchev–Trinajstić information content (AvgIpc) is 2.27. The summed E-state index contributed by atoms with van der Waals surface area (Å²) >= 11 is 0. The van der Waals surface area contributed by atoms with Crippen molar-refractivity contribution in [2.75, 3.05) is 24.5 Å². The Kier molecular flexibility index (Phi) is 4.59. The van der Waals surface area contributed by atoms with Crippen molar-refractivity contribution < 1.29 is 5.11 Å². The fourth-order valence-electron chi connectivity index (χ4n) is 1.50. The highest BCUT2D eigenvalue weighted by molar-refractivity contribution is 5.47. The first kappa shape index (κ1) is 12.0. The molecule has 0 radical (unpaired) electrons. The average molecular weight is 208 g/mol. The van der Waals surface area contributed by atoms with Crippen LogP contribution in [0.5, 0.6) is 0 Å². The third kappa shape index (κ3) is 3.53. The zero-order valence-electron chi connectivity index (χ0n) is 9.48. The number of anilines is 1. The third-order valence-electron chi connectivity index (χ3n) is 2.48. The number of aliphatic hydroxyl groups excluding tert-OH is 1. The van der Waals surface area contributed by atoms with E-state index in [1.54, 1.807) is 0 Å². The molecule has 0 aliphatic carbocycles. The van der Waals surface area contributed by atoms with E-state index >= 15 is 0 Å². The quantitative estimate of drug-likeness (QED) is 0.763. The maximum Gasteiger partial charge on any atom is 0.0836 e. The first-order valence-corrected chi connectivity index (χ1v) is 5.37. The number of benzene rings is 1. The summed E-state index contributed by atoms with van der Waals surface area (Å²) in [6.45, 7) is 5.91. The van der Waals surface area contributed by atoms with Gasteiger partial charge in [-0.05, 0) is 26.0 Å². The zero-order valence-corrected chi connectivity index (χ0v) is 9.48. The van der Waals surface area contributed by atoms with E-state index in [1.165, 1.54) is 5.56 Å². The number of aryl methyl sites for hydroxylation is 1. The lowest BCUT2D eigenvalue weighted by Gasteiger charge is -2.25. The maximum absolute atomic E-state index is 9.51. The standard InChI is InChI=1S/C12H20N2O/c1-3-14(9-12(15)8-13)11-6-4-10(2)5-7-11/h4-7,12,15H,3,8-9,13H2,1-2H3. The Balaban J connectivity index is 2.69. The number of likely N-dealkylation sites (N-methyl/N-ethyl adjacent to an activating group) is 1. The van der Waals surface area contributed by atoms with Crippen LogP contribution in [0, 0.1) is 6.92 Å². The fraction of sp³-hybridized carbons (Fsp3) is 0.500. The Bertz CT molecular complexity index is 284. The van der Waals surface area contributed by atoms with Crippen molar-refractivity contribution in [2.45, 2.75) is 20.0 Å². The Morgan fingerprint density at radius 2 is 1.93 bits per heavy atom. The van der Waals surface area contributed by atoms with Crippen molar-refractivity contribution in [2.24, 2.45) is 5.73 Å². The Morgan fingerprint density at radius 1 is 1.33 bits per heavy atom. The van der Waals surface area contributed by atoms with Gasteiger partial charge in [0.1, 0.15) is 0 Å². The van der Waals surface area contributed by atoms with Gasteiger partial charge in [0.2, 0.25) is 0 Å². The van der Waals surface area contributed by atoms with E-state index in [2.05, 4.69) is 43.0 Å². The van der Waals surface area contributed by atoms with Gasteiger partial charge in [0.25, 0.3) is 0 Å². The van der Waals surface area contributed by atoms with E-state index in [4.69, 9.17) is 5.73 Å². The largest absolute Gasteiger partial charge is 0.390 e. The molecule has 0 aromatic heterocycles. The predicted octanol–water partition coefficient (Wildman–Crippen LogP) is 1.14. The molecule has 84 valence electrons. The smallest absolute Gasteiger partial charge is 0.0836 e. The molecule has 0 bridgehead atoms. The van der Waals surface area contributed by atoms with Gasteiger partial charge in [-0.25, -0.2) is 0 Å².